The van der Waals surface area contributed by atoms with Crippen molar-refractivity contribution in [1.29, 1.82) is 0 Å². The number of hydrogen-bond donors (Lipinski definition) is 1. The van der Waals surface area contributed by atoms with Gasteiger partial charge in [0.15, 0.2) is 0 Å². The summed E-state index contributed by atoms with van der Waals surface area (Å²) in [6, 6.07) is 0. The summed E-state index contributed by atoms with van der Waals surface area (Å²) in [7, 11) is 2.40. The quantitative estimate of drug-likeness (QED) is 0.692. The van der Waals surface area contributed by atoms with E-state index in [1.165, 1.54) is 49.8 Å². The number of nitrogens with two attached hydrogens (primary N) is 1. The SMILES string of the molecule is CC(C)(N)CC[N+]1(C)CCCCCC1.Cl.[Cl-]. The molecule has 4 heteroatoms. The zero-order valence-electron chi connectivity index (χ0n) is 11.0. The molecule has 0 aromatic heterocycles. The van der Waals surface area contributed by atoms with Crippen LogP contribution in [0.2, 0.25) is 0 Å². The van der Waals surface area contributed by atoms with Crippen molar-refractivity contribution in [2.45, 2.75) is 51.5 Å². The zero-order valence-corrected chi connectivity index (χ0v) is 12.5. The normalized spacial score (nSPS) is 20.2. The summed E-state index contributed by atoms with van der Waals surface area (Å²) in [4.78, 5) is 0. The van der Waals surface area contributed by atoms with E-state index in [1.807, 2.05) is 0 Å². The Kier molecular flexibility index (Phi) is 9.14. The molecule has 1 aliphatic rings. The molecule has 2 N–H and O–H groups in total. The first-order valence-electron chi connectivity index (χ1n) is 6.04. The van der Waals surface area contributed by atoms with Gasteiger partial charge in [0, 0.05) is 12.0 Å². The van der Waals surface area contributed by atoms with Crippen molar-refractivity contribution >= 4 is 12.4 Å². The molecule has 1 aliphatic heterocycles. The first kappa shape index (κ1) is 18.9. The Morgan fingerprint density at radius 3 is 1.88 bits per heavy atom. The highest BCUT2D eigenvalue weighted by Crippen LogP contribution is 2.18. The minimum Gasteiger partial charge on any atom is -1.00 e. The van der Waals surface area contributed by atoms with E-state index in [0.717, 1.165) is 6.42 Å². The van der Waals surface area contributed by atoms with E-state index in [0.29, 0.717) is 0 Å². The van der Waals surface area contributed by atoms with Gasteiger partial charge in [-0.3, -0.25) is 0 Å². The second kappa shape index (κ2) is 7.75. The molecule has 1 rings (SSSR count). The Hall–Kier alpha value is 0.500. The summed E-state index contributed by atoms with van der Waals surface area (Å²) in [5, 5.41) is 0. The molecule has 0 radical (unpaired) electrons. The number of rotatable bonds is 3. The Morgan fingerprint density at radius 2 is 1.50 bits per heavy atom. The Labute approximate surface area is 113 Å². The lowest BCUT2D eigenvalue weighted by Gasteiger charge is -2.35. The standard InChI is InChI=1S/C12H27N2.2ClH/c1-12(2,13)8-11-14(3)9-6-4-5-7-10-14;;/h4-11,13H2,1-3H3;2*1H/q+1;;/p-1. The molecule has 0 aliphatic carbocycles. The highest BCUT2D eigenvalue weighted by molar-refractivity contribution is 5.85. The van der Waals surface area contributed by atoms with E-state index in [-0.39, 0.29) is 30.4 Å². The van der Waals surface area contributed by atoms with Crippen LogP contribution in [0.4, 0.5) is 0 Å². The molecule has 0 atom stereocenters. The molecule has 0 saturated carbocycles. The highest BCUT2D eigenvalue weighted by Gasteiger charge is 2.25. The summed E-state index contributed by atoms with van der Waals surface area (Å²) in [6.45, 7) is 8.24. The fourth-order valence-electron chi connectivity index (χ4n) is 2.23. The second-order valence-corrected chi connectivity index (χ2v) is 5.94. The average molecular weight is 271 g/mol. The van der Waals surface area contributed by atoms with Gasteiger partial charge in [0.25, 0.3) is 0 Å². The third-order valence-electron chi connectivity index (χ3n) is 3.44. The Bertz CT molecular complexity index is 170. The van der Waals surface area contributed by atoms with Gasteiger partial charge in [-0.1, -0.05) is 0 Å². The number of hydrogen-bond acceptors (Lipinski definition) is 1. The Morgan fingerprint density at radius 1 is 1.06 bits per heavy atom. The van der Waals surface area contributed by atoms with E-state index < -0.39 is 0 Å². The molecule has 0 unspecified atom stereocenters. The summed E-state index contributed by atoms with van der Waals surface area (Å²) in [5.74, 6) is 0. The van der Waals surface area contributed by atoms with Crippen LogP contribution < -0.4 is 18.1 Å². The van der Waals surface area contributed by atoms with Crippen molar-refractivity contribution in [2.75, 3.05) is 26.7 Å². The monoisotopic (exact) mass is 270 g/mol. The van der Waals surface area contributed by atoms with Crippen LogP contribution in [0.25, 0.3) is 0 Å². The van der Waals surface area contributed by atoms with Crippen LogP contribution >= 0.6 is 12.4 Å². The predicted octanol–water partition coefficient (Wildman–Crippen LogP) is -0.440. The van der Waals surface area contributed by atoms with Gasteiger partial charge in [-0.2, -0.15) is 0 Å². The molecule has 0 amide bonds. The van der Waals surface area contributed by atoms with E-state index >= 15 is 0 Å². The van der Waals surface area contributed by atoms with Gasteiger partial charge in [-0.25, -0.2) is 0 Å². The van der Waals surface area contributed by atoms with Gasteiger partial charge >= 0.3 is 0 Å². The maximum absolute atomic E-state index is 6.04. The fraction of sp³-hybridized carbons (Fsp3) is 1.00. The van der Waals surface area contributed by atoms with E-state index in [9.17, 15) is 0 Å². The Balaban J connectivity index is 0. The van der Waals surface area contributed by atoms with Crippen LogP contribution in [0, 0.1) is 0 Å². The van der Waals surface area contributed by atoms with Crippen LogP contribution in [-0.2, 0) is 0 Å². The van der Waals surface area contributed by atoms with Gasteiger partial charge in [0.2, 0.25) is 0 Å². The summed E-state index contributed by atoms with van der Waals surface area (Å²) in [6.07, 6.45) is 6.81. The van der Waals surface area contributed by atoms with Crippen molar-refractivity contribution in [2.24, 2.45) is 5.73 Å². The fourth-order valence-corrected chi connectivity index (χ4v) is 2.23. The minimum absolute atomic E-state index is 0. The minimum atomic E-state index is 0. The summed E-state index contributed by atoms with van der Waals surface area (Å²) in [5.41, 5.74) is 6.05. The topological polar surface area (TPSA) is 26.0 Å². The van der Waals surface area contributed by atoms with Crippen molar-refractivity contribution in [3.63, 3.8) is 0 Å². The first-order valence-corrected chi connectivity index (χ1v) is 6.04. The van der Waals surface area contributed by atoms with Gasteiger partial charge < -0.3 is 22.6 Å². The second-order valence-electron chi connectivity index (χ2n) is 5.94. The number of quaternary nitrogens is 1. The van der Waals surface area contributed by atoms with E-state index in [2.05, 4.69) is 20.9 Å². The lowest BCUT2D eigenvalue weighted by molar-refractivity contribution is -0.909. The van der Waals surface area contributed by atoms with Crippen molar-refractivity contribution in [3.8, 4) is 0 Å². The van der Waals surface area contributed by atoms with Gasteiger partial charge in [0.1, 0.15) is 0 Å². The molecule has 2 nitrogen and oxygen atoms in total. The molecule has 0 bridgehead atoms. The lowest BCUT2D eigenvalue weighted by Crippen LogP contribution is -3.00. The van der Waals surface area contributed by atoms with Crippen LogP contribution in [0.15, 0.2) is 0 Å². The van der Waals surface area contributed by atoms with E-state index in [4.69, 9.17) is 5.73 Å². The molecule has 0 aromatic carbocycles. The summed E-state index contributed by atoms with van der Waals surface area (Å²) >= 11 is 0. The predicted molar refractivity (Wildman–Crippen MR) is 69.4 cm³/mol. The molecule has 16 heavy (non-hydrogen) atoms. The number of halogens is 2. The van der Waals surface area contributed by atoms with E-state index in [1.54, 1.807) is 0 Å². The molecule has 100 valence electrons. The first-order chi connectivity index (χ1) is 6.41. The molecular weight excluding hydrogens is 243 g/mol. The van der Waals surface area contributed by atoms with Crippen LogP contribution in [-0.4, -0.2) is 36.7 Å². The molecule has 0 spiro atoms. The third-order valence-corrected chi connectivity index (χ3v) is 3.44. The van der Waals surface area contributed by atoms with Gasteiger partial charge in [-0.05, 0) is 39.5 Å². The summed E-state index contributed by atoms with van der Waals surface area (Å²) < 4.78 is 1.25. The highest BCUT2D eigenvalue weighted by atomic mass is 35.5. The average Bonchev–Trinajstić information content (AvgIpc) is 2.27. The molecule has 1 fully saturated rings. The zero-order chi connectivity index (χ0) is 10.7. The van der Waals surface area contributed by atoms with Crippen LogP contribution in [0.1, 0.15) is 46.0 Å². The van der Waals surface area contributed by atoms with Crippen LogP contribution in [0.5, 0.6) is 0 Å². The molecule has 1 saturated heterocycles. The van der Waals surface area contributed by atoms with Crippen molar-refractivity contribution < 1.29 is 16.9 Å². The third kappa shape index (κ3) is 7.72. The smallest absolute Gasteiger partial charge is 0.0802 e. The lowest BCUT2D eigenvalue weighted by atomic mass is 10.0. The maximum atomic E-state index is 6.04. The van der Waals surface area contributed by atoms with Crippen molar-refractivity contribution in [3.05, 3.63) is 0 Å². The van der Waals surface area contributed by atoms with Gasteiger partial charge in [-0.15, -0.1) is 12.4 Å². The number of nitrogens with zero attached hydrogens (tertiary/aromatic N) is 1. The maximum Gasteiger partial charge on any atom is 0.0802 e. The molecule has 1 heterocycles. The van der Waals surface area contributed by atoms with Crippen molar-refractivity contribution in [1.82, 2.24) is 0 Å². The van der Waals surface area contributed by atoms with Crippen LogP contribution in [0.3, 0.4) is 0 Å². The largest absolute Gasteiger partial charge is 1.00 e. The molecular formula is C12H28Cl2N2. The van der Waals surface area contributed by atoms with Gasteiger partial charge in [0.05, 0.1) is 26.7 Å². The number of likely N-dealkylation sites (tertiary alicyclic amines) is 1. The molecule has 0 aromatic rings.